The third kappa shape index (κ3) is 6.42. The molecule has 7 aliphatic rings. The lowest BCUT2D eigenvalue weighted by Crippen LogP contribution is -2.71. The molecule has 15 heteroatoms. The highest BCUT2D eigenvalue weighted by atomic mass is 16.7. The zero-order valence-electron chi connectivity index (χ0n) is 35.5. The minimum atomic E-state index is -1.60. The van der Waals surface area contributed by atoms with Gasteiger partial charge in [0.15, 0.2) is 12.6 Å². The number of aliphatic hydroxyl groups excluding tert-OH is 10. The van der Waals surface area contributed by atoms with Gasteiger partial charge in [0, 0.05) is 29.3 Å². The average molecular weight is 829 g/mol. The van der Waals surface area contributed by atoms with E-state index in [2.05, 4.69) is 41.5 Å². The number of hydrogen-bond acceptors (Lipinski definition) is 15. The molecule has 2 aliphatic heterocycles. The Balaban J connectivity index is 1.28. The third-order valence-corrected chi connectivity index (χ3v) is 17.8. The lowest BCUT2D eigenvalue weighted by molar-refractivity contribution is -0.339. The number of allylic oxidation sites excluding steroid dienone is 1. The second-order valence-corrected chi connectivity index (χ2v) is 21.3. The van der Waals surface area contributed by atoms with Crippen molar-refractivity contribution in [2.24, 2.45) is 50.2 Å². The number of ether oxygens (including phenoxy) is 5. The third-order valence-electron chi connectivity index (χ3n) is 17.8. The van der Waals surface area contributed by atoms with E-state index in [1.165, 1.54) is 0 Å². The summed E-state index contributed by atoms with van der Waals surface area (Å²) in [4.78, 5) is 0. The van der Waals surface area contributed by atoms with E-state index in [1.807, 2.05) is 6.92 Å². The fraction of sp³-hybridized carbons (Fsp3) is 0.953. The van der Waals surface area contributed by atoms with E-state index in [4.69, 9.17) is 23.7 Å². The number of fused-ring (bicyclic) bond motifs is 7. The molecule has 334 valence electrons. The minimum absolute atomic E-state index is 0.0599. The summed E-state index contributed by atoms with van der Waals surface area (Å²) < 4.78 is 31.5. The lowest BCUT2D eigenvalue weighted by atomic mass is 9.32. The summed E-state index contributed by atoms with van der Waals surface area (Å²) in [5.41, 5.74) is -2.16. The van der Waals surface area contributed by atoms with Crippen LogP contribution in [0.15, 0.2) is 11.3 Å². The molecule has 6 fully saturated rings. The first-order chi connectivity index (χ1) is 27.0. The Morgan fingerprint density at radius 1 is 0.638 bits per heavy atom. The van der Waals surface area contributed by atoms with E-state index < -0.39 is 120 Å². The number of methoxy groups -OCH3 is 1. The van der Waals surface area contributed by atoms with Crippen LogP contribution in [0.25, 0.3) is 0 Å². The van der Waals surface area contributed by atoms with Crippen LogP contribution in [0.2, 0.25) is 0 Å². The largest absolute Gasteiger partial charge is 0.510 e. The van der Waals surface area contributed by atoms with Crippen molar-refractivity contribution in [1.29, 1.82) is 0 Å². The van der Waals surface area contributed by atoms with Crippen molar-refractivity contribution in [1.82, 2.24) is 0 Å². The standard InChI is InChI=1S/C43H72O15/c1-38(2)13-14-39(3)20(15-38)26-29(49)34(54-8)35-40(4)11-10-24(57-36-32(52)30(50)27(47)21(17-44)55-36)41(5,19-46)23(40)9-12-42(35,6)43(26,7)16-25(39)58-37-33(53)31(51)28(48)22(18-45)56-37/h20-25,27-28,30-37,44-53H,9-19H2,1-8H3/t20-,21+,22+,23+,24-,25-,27+,28+,30-,31-,32+,33+,34+,35+,36-,37-,39-,40-,41-,42+,43+/m0/s1. The van der Waals surface area contributed by atoms with Crippen molar-refractivity contribution in [3.63, 3.8) is 0 Å². The van der Waals surface area contributed by atoms with Gasteiger partial charge in [0.2, 0.25) is 0 Å². The van der Waals surface area contributed by atoms with Crippen LogP contribution in [0, 0.1) is 50.2 Å². The molecule has 0 aromatic rings. The fourth-order valence-corrected chi connectivity index (χ4v) is 14.1. The Hall–Kier alpha value is -1.02. The van der Waals surface area contributed by atoms with Crippen molar-refractivity contribution in [3.8, 4) is 0 Å². The maximum atomic E-state index is 12.8. The van der Waals surface area contributed by atoms with Crippen LogP contribution in [0.1, 0.15) is 99.8 Å². The van der Waals surface area contributed by atoms with Gasteiger partial charge in [-0.3, -0.25) is 0 Å². The van der Waals surface area contributed by atoms with Gasteiger partial charge in [-0.2, -0.15) is 0 Å². The van der Waals surface area contributed by atoms with Gasteiger partial charge >= 0.3 is 0 Å². The average Bonchev–Trinajstić information content (AvgIpc) is 3.17. The second kappa shape index (κ2) is 15.4. The fourth-order valence-electron chi connectivity index (χ4n) is 14.1. The molecule has 2 saturated heterocycles. The first-order valence-corrected chi connectivity index (χ1v) is 21.5. The summed E-state index contributed by atoms with van der Waals surface area (Å²) in [5.74, 6) is -0.326. The molecule has 0 aromatic carbocycles. The molecule has 15 nitrogen and oxygen atoms in total. The van der Waals surface area contributed by atoms with Crippen LogP contribution in [-0.4, -0.2) is 158 Å². The van der Waals surface area contributed by atoms with Crippen molar-refractivity contribution in [2.75, 3.05) is 26.9 Å². The molecule has 0 unspecified atom stereocenters. The Morgan fingerprint density at radius 3 is 1.71 bits per heavy atom. The predicted octanol–water partition coefficient (Wildman–Crippen LogP) is 1.27. The molecule has 0 bridgehead atoms. The van der Waals surface area contributed by atoms with Gasteiger partial charge in [0.25, 0.3) is 0 Å². The molecule has 0 spiro atoms. The Morgan fingerprint density at radius 2 is 1.19 bits per heavy atom. The van der Waals surface area contributed by atoms with Gasteiger partial charge in [0.05, 0.1) is 32.0 Å². The van der Waals surface area contributed by atoms with Gasteiger partial charge in [-0.1, -0.05) is 48.5 Å². The molecule has 2 heterocycles. The second-order valence-electron chi connectivity index (χ2n) is 21.3. The topological polar surface area (TPSA) is 248 Å². The van der Waals surface area contributed by atoms with Crippen molar-refractivity contribution < 1.29 is 74.7 Å². The van der Waals surface area contributed by atoms with E-state index >= 15 is 0 Å². The summed E-state index contributed by atoms with van der Waals surface area (Å²) in [6.45, 7) is 14.0. The van der Waals surface area contributed by atoms with Crippen LogP contribution in [-0.2, 0) is 23.7 Å². The smallest absolute Gasteiger partial charge is 0.186 e. The Bertz CT molecular complexity index is 1540. The Labute approximate surface area is 342 Å². The number of hydrogen-bond donors (Lipinski definition) is 10. The highest BCUT2D eigenvalue weighted by Gasteiger charge is 2.74. The van der Waals surface area contributed by atoms with E-state index in [0.29, 0.717) is 32.1 Å². The highest BCUT2D eigenvalue weighted by molar-refractivity contribution is 5.39. The van der Waals surface area contributed by atoms with Gasteiger partial charge in [-0.05, 0) is 85.0 Å². The Kier molecular flexibility index (Phi) is 11.9. The number of aliphatic hydroxyl groups is 10. The maximum absolute atomic E-state index is 12.8. The molecule has 10 N–H and O–H groups in total. The molecule has 4 saturated carbocycles. The predicted molar refractivity (Wildman–Crippen MR) is 207 cm³/mol. The zero-order valence-corrected chi connectivity index (χ0v) is 35.5. The van der Waals surface area contributed by atoms with Crippen LogP contribution in [0.4, 0.5) is 0 Å². The summed E-state index contributed by atoms with van der Waals surface area (Å²) in [7, 11) is 1.65. The van der Waals surface area contributed by atoms with Crippen LogP contribution < -0.4 is 0 Å². The molecule has 0 amide bonds. The first-order valence-electron chi connectivity index (χ1n) is 21.5. The van der Waals surface area contributed by atoms with E-state index in [9.17, 15) is 51.1 Å². The van der Waals surface area contributed by atoms with Crippen molar-refractivity contribution in [2.45, 2.75) is 180 Å². The summed E-state index contributed by atoms with van der Waals surface area (Å²) in [6.07, 6.45) is -10.8. The molecular weight excluding hydrogens is 756 g/mol. The van der Waals surface area contributed by atoms with Gasteiger partial charge in [0.1, 0.15) is 60.7 Å². The van der Waals surface area contributed by atoms with Gasteiger partial charge < -0.3 is 74.7 Å². The molecule has 21 atom stereocenters. The first kappa shape index (κ1) is 45.0. The summed E-state index contributed by atoms with van der Waals surface area (Å²) in [5, 5.41) is 108. The van der Waals surface area contributed by atoms with Crippen molar-refractivity contribution >= 4 is 0 Å². The van der Waals surface area contributed by atoms with Gasteiger partial charge in [-0.15, -0.1) is 0 Å². The molecule has 0 aromatic heterocycles. The van der Waals surface area contributed by atoms with E-state index in [0.717, 1.165) is 24.8 Å². The van der Waals surface area contributed by atoms with E-state index in [-0.39, 0.29) is 35.5 Å². The van der Waals surface area contributed by atoms with Crippen LogP contribution >= 0.6 is 0 Å². The highest BCUT2D eigenvalue weighted by Crippen LogP contribution is 2.77. The molecule has 58 heavy (non-hydrogen) atoms. The van der Waals surface area contributed by atoms with Crippen LogP contribution in [0.5, 0.6) is 0 Å². The quantitative estimate of drug-likeness (QED) is 0.155. The summed E-state index contributed by atoms with van der Waals surface area (Å²) >= 11 is 0. The van der Waals surface area contributed by atoms with Crippen LogP contribution in [0.3, 0.4) is 0 Å². The number of rotatable bonds is 8. The van der Waals surface area contributed by atoms with Gasteiger partial charge in [-0.25, -0.2) is 0 Å². The van der Waals surface area contributed by atoms with Crippen molar-refractivity contribution in [3.05, 3.63) is 11.3 Å². The molecule has 5 aliphatic carbocycles. The molecule has 0 radical (unpaired) electrons. The zero-order chi connectivity index (χ0) is 42.7. The maximum Gasteiger partial charge on any atom is 0.186 e. The van der Waals surface area contributed by atoms with E-state index in [1.54, 1.807) is 7.11 Å². The summed E-state index contributed by atoms with van der Waals surface area (Å²) in [6, 6.07) is 0. The minimum Gasteiger partial charge on any atom is -0.510 e. The monoisotopic (exact) mass is 828 g/mol. The SMILES string of the molecule is CO[C@@H]1C(O)=C2[C@@H]3CC(C)(C)CC[C@]3(C)[C@@H](O[C@@H]3O[C@H](CO)[C@@H](O)[C@H](O)[C@H]3O)C[C@@]2(C)[C@]2(C)CC[C@H]3[C@](C)(CO)[C@@H](O[C@@H]4O[C@H](CO)[C@@H](O)[C@H](O)[C@H]4O)CC[C@]3(C)[C@@H]12. The molecule has 7 rings (SSSR count). The lowest BCUT2D eigenvalue weighted by Gasteiger charge is -2.73. The molecular formula is C43H72O15. The normalized spacial score (nSPS) is 55.5.